The molecule has 3 N–H and O–H groups in total. The van der Waals surface area contributed by atoms with Gasteiger partial charge in [0.15, 0.2) is 0 Å². The summed E-state index contributed by atoms with van der Waals surface area (Å²) < 4.78 is 0. The summed E-state index contributed by atoms with van der Waals surface area (Å²) in [6.45, 7) is 2.44. The highest BCUT2D eigenvalue weighted by molar-refractivity contribution is 7.11. The highest BCUT2D eigenvalue weighted by Crippen LogP contribution is 2.28. The molecule has 0 saturated carbocycles. The monoisotopic (exact) mass is 329 g/mol. The number of rotatable bonds is 4. The topological polar surface area (TPSA) is 68.0 Å². The van der Waals surface area contributed by atoms with Crippen LogP contribution >= 0.6 is 34.5 Å². The van der Waals surface area contributed by atoms with Gasteiger partial charge in [-0.1, -0.05) is 30.1 Å². The van der Waals surface area contributed by atoms with Gasteiger partial charge < -0.3 is 11.1 Å². The lowest BCUT2D eigenvalue weighted by Gasteiger charge is -2.06. The summed E-state index contributed by atoms with van der Waals surface area (Å²) in [5.41, 5.74) is 6.28. The molecule has 0 aliphatic heterocycles. The molecule has 0 fully saturated rings. The number of aryl methyl sites for hydroxylation is 1. The lowest BCUT2D eigenvalue weighted by Crippen LogP contribution is -2.22. The third-order valence-electron chi connectivity index (χ3n) is 2.69. The number of aromatic nitrogens is 1. The van der Waals surface area contributed by atoms with Crippen molar-refractivity contribution in [3.05, 3.63) is 43.8 Å². The number of nitrogens with two attached hydrogens (primary N) is 1. The van der Waals surface area contributed by atoms with Gasteiger partial charge >= 0.3 is 0 Å². The summed E-state index contributed by atoms with van der Waals surface area (Å²) in [5.74, 6) is -0.262. The number of amides is 1. The van der Waals surface area contributed by atoms with E-state index in [0.717, 1.165) is 11.4 Å². The highest BCUT2D eigenvalue weighted by Gasteiger charge is 2.11. The molecule has 4 nitrogen and oxygen atoms in total. The Labute approximate surface area is 130 Å². The van der Waals surface area contributed by atoms with Crippen molar-refractivity contribution in [2.24, 2.45) is 0 Å². The molecule has 0 saturated heterocycles. The molecule has 0 unspecified atom stereocenters. The predicted octanol–water partition coefficient (Wildman–Crippen LogP) is 3.52. The van der Waals surface area contributed by atoms with Crippen LogP contribution in [0, 0.1) is 0 Å². The van der Waals surface area contributed by atoms with Crippen LogP contribution in [0.3, 0.4) is 0 Å². The molecule has 7 heteroatoms. The number of halogens is 2. The van der Waals surface area contributed by atoms with Gasteiger partial charge in [0, 0.05) is 16.6 Å². The summed E-state index contributed by atoms with van der Waals surface area (Å²) >= 11 is 13.4. The molecule has 20 heavy (non-hydrogen) atoms. The van der Waals surface area contributed by atoms with Crippen LogP contribution in [-0.2, 0) is 13.0 Å². The van der Waals surface area contributed by atoms with Crippen LogP contribution in [0.4, 0.5) is 5.69 Å². The van der Waals surface area contributed by atoms with Crippen molar-refractivity contribution in [1.29, 1.82) is 0 Å². The van der Waals surface area contributed by atoms with Gasteiger partial charge in [0.25, 0.3) is 5.91 Å². The minimum atomic E-state index is -0.262. The number of nitrogens with zero attached hydrogens (tertiary/aromatic N) is 1. The molecule has 1 amide bonds. The maximum atomic E-state index is 12.0. The molecule has 1 aromatic carbocycles. The molecule has 0 atom stereocenters. The third-order valence-corrected chi connectivity index (χ3v) is 4.46. The average Bonchev–Trinajstić information content (AvgIpc) is 2.89. The molecule has 0 bridgehead atoms. The first kappa shape index (κ1) is 15.1. The summed E-state index contributed by atoms with van der Waals surface area (Å²) in [5, 5.41) is 4.18. The molecule has 106 valence electrons. The SMILES string of the molecule is CCc1cnc(CNC(=O)c2cc(Cl)c(N)c(Cl)c2)s1. The van der Waals surface area contributed by atoms with Crippen LogP contribution in [-0.4, -0.2) is 10.9 Å². The second-order valence-corrected chi connectivity index (χ2v) is 6.12. The van der Waals surface area contributed by atoms with E-state index in [-0.39, 0.29) is 21.6 Å². The van der Waals surface area contributed by atoms with E-state index in [9.17, 15) is 4.79 Å². The molecule has 0 aliphatic rings. The van der Waals surface area contributed by atoms with Crippen LogP contribution in [0.2, 0.25) is 10.0 Å². The molecule has 0 spiro atoms. The number of hydrogen-bond donors (Lipinski definition) is 2. The number of anilines is 1. The fraction of sp³-hybridized carbons (Fsp3) is 0.231. The van der Waals surface area contributed by atoms with E-state index < -0.39 is 0 Å². The molecule has 2 rings (SSSR count). The van der Waals surface area contributed by atoms with Gasteiger partial charge in [0.1, 0.15) is 5.01 Å². The Balaban J connectivity index is 2.05. The Morgan fingerprint density at radius 2 is 2.05 bits per heavy atom. The Bertz CT molecular complexity index is 619. The first-order valence-electron chi connectivity index (χ1n) is 5.97. The second-order valence-electron chi connectivity index (χ2n) is 4.11. The van der Waals surface area contributed by atoms with Gasteiger partial charge in [-0.15, -0.1) is 11.3 Å². The number of hydrogen-bond acceptors (Lipinski definition) is 4. The summed E-state index contributed by atoms with van der Waals surface area (Å²) in [7, 11) is 0. The van der Waals surface area contributed by atoms with Gasteiger partial charge in [-0.05, 0) is 18.6 Å². The second kappa shape index (κ2) is 6.43. The minimum Gasteiger partial charge on any atom is -0.396 e. The summed E-state index contributed by atoms with van der Waals surface area (Å²) in [4.78, 5) is 17.4. The van der Waals surface area contributed by atoms with Gasteiger partial charge in [-0.25, -0.2) is 4.98 Å². The summed E-state index contributed by atoms with van der Waals surface area (Å²) in [6, 6.07) is 2.99. The van der Waals surface area contributed by atoms with E-state index in [1.165, 1.54) is 17.0 Å². The zero-order valence-electron chi connectivity index (χ0n) is 10.7. The van der Waals surface area contributed by atoms with E-state index in [0.29, 0.717) is 12.1 Å². The Kier molecular flexibility index (Phi) is 4.86. The molecule has 1 aromatic heterocycles. The number of carbonyl (C=O) groups is 1. The van der Waals surface area contributed by atoms with E-state index in [1.54, 1.807) is 11.3 Å². The van der Waals surface area contributed by atoms with Crippen molar-refractivity contribution in [3.63, 3.8) is 0 Å². The molecule has 2 aromatic rings. The van der Waals surface area contributed by atoms with Crippen LogP contribution in [0.25, 0.3) is 0 Å². The lowest BCUT2D eigenvalue weighted by atomic mass is 10.2. The van der Waals surface area contributed by atoms with Crippen molar-refractivity contribution in [1.82, 2.24) is 10.3 Å². The molecular weight excluding hydrogens is 317 g/mol. The van der Waals surface area contributed by atoms with Crippen LogP contribution in [0.15, 0.2) is 18.3 Å². The number of thiazole rings is 1. The highest BCUT2D eigenvalue weighted by atomic mass is 35.5. The third kappa shape index (κ3) is 3.42. The van der Waals surface area contributed by atoms with Gasteiger partial charge in [-0.2, -0.15) is 0 Å². The smallest absolute Gasteiger partial charge is 0.251 e. The Morgan fingerprint density at radius 3 is 2.60 bits per heavy atom. The molecule has 0 radical (unpaired) electrons. The fourth-order valence-electron chi connectivity index (χ4n) is 1.57. The quantitative estimate of drug-likeness (QED) is 0.843. The van der Waals surface area contributed by atoms with E-state index >= 15 is 0 Å². The normalized spacial score (nSPS) is 10.6. The predicted molar refractivity (Wildman–Crippen MR) is 83.5 cm³/mol. The van der Waals surface area contributed by atoms with Crippen molar-refractivity contribution in [2.45, 2.75) is 19.9 Å². The molecular formula is C13H13Cl2N3OS. The number of nitrogen functional groups attached to an aromatic ring is 1. The number of benzene rings is 1. The largest absolute Gasteiger partial charge is 0.396 e. The minimum absolute atomic E-state index is 0.262. The van der Waals surface area contributed by atoms with Crippen LogP contribution in [0.5, 0.6) is 0 Å². The maximum Gasteiger partial charge on any atom is 0.251 e. The van der Waals surface area contributed by atoms with Crippen molar-refractivity contribution >= 4 is 46.1 Å². The average molecular weight is 330 g/mol. The zero-order valence-corrected chi connectivity index (χ0v) is 13.1. The maximum absolute atomic E-state index is 12.0. The molecule has 0 aliphatic carbocycles. The summed E-state index contributed by atoms with van der Waals surface area (Å²) in [6.07, 6.45) is 2.76. The van der Waals surface area contributed by atoms with Crippen LogP contribution in [0.1, 0.15) is 27.2 Å². The fourth-order valence-corrected chi connectivity index (χ4v) is 2.86. The zero-order chi connectivity index (χ0) is 14.7. The van der Waals surface area contributed by atoms with Gasteiger partial charge in [0.05, 0.1) is 22.3 Å². The Hall–Kier alpha value is -1.30. The lowest BCUT2D eigenvalue weighted by molar-refractivity contribution is 0.0951. The Morgan fingerprint density at radius 1 is 1.40 bits per heavy atom. The van der Waals surface area contributed by atoms with Crippen LogP contribution < -0.4 is 11.1 Å². The van der Waals surface area contributed by atoms with Gasteiger partial charge in [0.2, 0.25) is 0 Å². The first-order valence-corrected chi connectivity index (χ1v) is 7.54. The van der Waals surface area contributed by atoms with E-state index in [4.69, 9.17) is 28.9 Å². The number of nitrogens with one attached hydrogen (secondary N) is 1. The number of carbonyl (C=O) groups excluding carboxylic acids is 1. The molecule has 1 heterocycles. The van der Waals surface area contributed by atoms with Crippen molar-refractivity contribution in [2.75, 3.05) is 5.73 Å². The van der Waals surface area contributed by atoms with Crippen molar-refractivity contribution in [3.8, 4) is 0 Å². The van der Waals surface area contributed by atoms with E-state index in [2.05, 4.69) is 17.2 Å². The van der Waals surface area contributed by atoms with E-state index in [1.807, 2.05) is 6.20 Å². The van der Waals surface area contributed by atoms with Crippen molar-refractivity contribution < 1.29 is 4.79 Å². The van der Waals surface area contributed by atoms with Gasteiger partial charge in [-0.3, -0.25) is 4.79 Å². The first-order chi connectivity index (χ1) is 9.51. The standard InChI is InChI=1S/C13H13Cl2N3OS/c1-2-8-5-17-11(20-8)6-18-13(19)7-3-9(14)12(16)10(15)4-7/h3-5H,2,6,16H2,1H3,(H,18,19).